The summed E-state index contributed by atoms with van der Waals surface area (Å²) in [6.07, 6.45) is 5.45. The molecule has 0 bridgehead atoms. The average molecular weight is 249 g/mol. The van der Waals surface area contributed by atoms with Crippen LogP contribution in [-0.2, 0) is 6.54 Å². The zero-order valence-electron chi connectivity index (χ0n) is 11.1. The Bertz CT molecular complexity index is 375. The molecule has 0 saturated heterocycles. The van der Waals surface area contributed by atoms with Crippen molar-refractivity contribution >= 4 is 0 Å². The van der Waals surface area contributed by atoms with E-state index in [-0.39, 0.29) is 5.75 Å². The minimum atomic E-state index is 0.274. The second-order valence-electron chi connectivity index (χ2n) is 4.96. The van der Waals surface area contributed by atoms with E-state index in [0.717, 1.165) is 18.0 Å². The predicted octanol–water partition coefficient (Wildman–Crippen LogP) is 3.07. The van der Waals surface area contributed by atoms with Gasteiger partial charge >= 0.3 is 0 Å². The van der Waals surface area contributed by atoms with Crippen LogP contribution in [0.1, 0.15) is 38.2 Å². The van der Waals surface area contributed by atoms with Crippen molar-refractivity contribution in [2.45, 2.75) is 39.2 Å². The maximum atomic E-state index is 10.0. The van der Waals surface area contributed by atoms with Crippen molar-refractivity contribution in [3.8, 4) is 11.5 Å². The van der Waals surface area contributed by atoms with E-state index >= 15 is 0 Å². The van der Waals surface area contributed by atoms with Gasteiger partial charge < -0.3 is 15.2 Å². The van der Waals surface area contributed by atoms with Gasteiger partial charge in [-0.25, -0.2) is 0 Å². The third-order valence-electron chi connectivity index (χ3n) is 3.65. The molecule has 0 aliphatic heterocycles. The Hall–Kier alpha value is -1.22. The minimum absolute atomic E-state index is 0.274. The molecule has 100 valence electrons. The molecule has 1 saturated carbocycles. The fourth-order valence-corrected chi connectivity index (χ4v) is 2.29. The molecular formula is C15H23NO2. The van der Waals surface area contributed by atoms with Crippen molar-refractivity contribution < 1.29 is 9.84 Å². The molecule has 0 spiro atoms. The number of aromatic hydroxyl groups is 1. The molecule has 3 heteroatoms. The number of ether oxygens (including phenoxy) is 1. The highest BCUT2D eigenvalue weighted by atomic mass is 16.5. The molecule has 0 radical (unpaired) electrons. The third-order valence-corrected chi connectivity index (χ3v) is 3.65. The summed E-state index contributed by atoms with van der Waals surface area (Å²) in [5, 5.41) is 13.4. The molecule has 3 nitrogen and oxygen atoms in total. The number of phenols is 1. The molecule has 1 aromatic carbocycles. The van der Waals surface area contributed by atoms with E-state index in [1.807, 2.05) is 19.1 Å². The van der Waals surface area contributed by atoms with Gasteiger partial charge in [0.2, 0.25) is 0 Å². The molecule has 0 unspecified atom stereocenters. The van der Waals surface area contributed by atoms with Crippen LogP contribution in [0.2, 0.25) is 0 Å². The van der Waals surface area contributed by atoms with Crippen LogP contribution in [-0.4, -0.2) is 18.3 Å². The topological polar surface area (TPSA) is 41.5 Å². The van der Waals surface area contributed by atoms with Crippen LogP contribution in [0.15, 0.2) is 18.2 Å². The second kappa shape index (κ2) is 6.64. The summed E-state index contributed by atoms with van der Waals surface area (Å²) in [5.74, 6) is 1.78. The Balaban J connectivity index is 1.78. The second-order valence-corrected chi connectivity index (χ2v) is 4.96. The lowest BCUT2D eigenvalue weighted by Crippen LogP contribution is -2.21. The maximum Gasteiger partial charge on any atom is 0.162 e. The van der Waals surface area contributed by atoms with Gasteiger partial charge in [0.05, 0.1) is 6.61 Å². The number of hydrogen-bond acceptors (Lipinski definition) is 3. The Kier molecular flexibility index (Phi) is 4.88. The summed E-state index contributed by atoms with van der Waals surface area (Å²) in [6.45, 7) is 4.23. The molecule has 0 aromatic heterocycles. The highest BCUT2D eigenvalue weighted by Crippen LogP contribution is 2.30. The fourth-order valence-electron chi connectivity index (χ4n) is 2.29. The third kappa shape index (κ3) is 3.39. The molecule has 1 fully saturated rings. The molecule has 0 amide bonds. The molecular weight excluding hydrogens is 226 g/mol. The largest absolute Gasteiger partial charge is 0.504 e. The molecule has 1 aromatic rings. The zero-order valence-corrected chi connectivity index (χ0v) is 11.1. The van der Waals surface area contributed by atoms with E-state index in [4.69, 9.17) is 4.74 Å². The van der Waals surface area contributed by atoms with Crippen molar-refractivity contribution in [2.24, 2.45) is 5.92 Å². The Labute approximate surface area is 109 Å². The van der Waals surface area contributed by atoms with Crippen LogP contribution >= 0.6 is 0 Å². The molecule has 1 aliphatic carbocycles. The van der Waals surface area contributed by atoms with Gasteiger partial charge in [0, 0.05) is 12.1 Å². The molecule has 2 rings (SSSR count). The van der Waals surface area contributed by atoms with Crippen LogP contribution < -0.4 is 10.1 Å². The van der Waals surface area contributed by atoms with Crippen molar-refractivity contribution in [3.05, 3.63) is 23.8 Å². The summed E-state index contributed by atoms with van der Waals surface area (Å²) in [4.78, 5) is 0. The highest BCUT2D eigenvalue weighted by Gasteiger charge is 2.16. The van der Waals surface area contributed by atoms with Crippen molar-refractivity contribution in [3.63, 3.8) is 0 Å². The van der Waals surface area contributed by atoms with E-state index in [9.17, 15) is 5.11 Å². The molecule has 0 atom stereocenters. The maximum absolute atomic E-state index is 10.0. The summed E-state index contributed by atoms with van der Waals surface area (Å²) >= 11 is 0. The first-order valence-electron chi connectivity index (χ1n) is 6.95. The average Bonchev–Trinajstić information content (AvgIpc) is 2.31. The number of nitrogens with one attached hydrogen (secondary N) is 1. The Morgan fingerprint density at radius 2 is 2.22 bits per heavy atom. The van der Waals surface area contributed by atoms with Gasteiger partial charge in [-0.2, -0.15) is 0 Å². The predicted molar refractivity (Wildman–Crippen MR) is 72.9 cm³/mol. The SMILES string of the molecule is CCOc1cccc(CNCCC2CCC2)c1O. The Morgan fingerprint density at radius 3 is 2.89 bits per heavy atom. The van der Waals surface area contributed by atoms with Gasteiger partial charge in [0.25, 0.3) is 0 Å². The quantitative estimate of drug-likeness (QED) is 0.730. The van der Waals surface area contributed by atoms with Crippen LogP contribution in [0, 0.1) is 5.92 Å². The van der Waals surface area contributed by atoms with Crippen LogP contribution in [0.25, 0.3) is 0 Å². The van der Waals surface area contributed by atoms with Crippen molar-refractivity contribution in [1.82, 2.24) is 5.32 Å². The van der Waals surface area contributed by atoms with Crippen LogP contribution in [0.5, 0.6) is 11.5 Å². The lowest BCUT2D eigenvalue weighted by Gasteiger charge is -2.25. The number of rotatable bonds is 7. The molecule has 18 heavy (non-hydrogen) atoms. The van der Waals surface area contributed by atoms with Gasteiger partial charge in [0.1, 0.15) is 0 Å². The van der Waals surface area contributed by atoms with E-state index in [1.54, 1.807) is 6.07 Å². The number of para-hydroxylation sites is 1. The summed E-state index contributed by atoms with van der Waals surface area (Å²) in [5.41, 5.74) is 0.912. The summed E-state index contributed by atoms with van der Waals surface area (Å²) in [7, 11) is 0. The molecule has 0 heterocycles. The number of benzene rings is 1. The van der Waals surface area contributed by atoms with Gasteiger partial charge in [0.15, 0.2) is 11.5 Å². The van der Waals surface area contributed by atoms with Gasteiger partial charge in [-0.15, -0.1) is 0 Å². The van der Waals surface area contributed by atoms with E-state index in [0.29, 0.717) is 18.9 Å². The standard InChI is InChI=1S/C15H23NO2/c1-2-18-14-8-4-7-13(15(14)17)11-16-10-9-12-5-3-6-12/h4,7-8,12,16-17H,2-3,5-6,9-11H2,1H3. The van der Waals surface area contributed by atoms with Gasteiger partial charge in [-0.05, 0) is 31.9 Å². The number of phenolic OH excluding ortho intramolecular Hbond substituents is 1. The van der Waals surface area contributed by atoms with Crippen LogP contribution in [0.3, 0.4) is 0 Å². The zero-order chi connectivity index (χ0) is 12.8. The smallest absolute Gasteiger partial charge is 0.162 e. The first-order valence-corrected chi connectivity index (χ1v) is 6.95. The first kappa shape index (κ1) is 13.2. The molecule has 1 aliphatic rings. The summed E-state index contributed by atoms with van der Waals surface area (Å²) in [6, 6.07) is 5.67. The molecule has 2 N–H and O–H groups in total. The van der Waals surface area contributed by atoms with E-state index in [2.05, 4.69) is 5.32 Å². The fraction of sp³-hybridized carbons (Fsp3) is 0.600. The highest BCUT2D eigenvalue weighted by molar-refractivity contribution is 5.45. The van der Waals surface area contributed by atoms with Gasteiger partial charge in [-0.3, -0.25) is 0 Å². The first-order chi connectivity index (χ1) is 8.81. The minimum Gasteiger partial charge on any atom is -0.504 e. The lowest BCUT2D eigenvalue weighted by atomic mass is 9.83. The van der Waals surface area contributed by atoms with Crippen LogP contribution in [0.4, 0.5) is 0 Å². The monoisotopic (exact) mass is 249 g/mol. The summed E-state index contributed by atoms with van der Waals surface area (Å²) < 4.78 is 5.37. The van der Waals surface area contributed by atoms with Crippen molar-refractivity contribution in [1.29, 1.82) is 0 Å². The van der Waals surface area contributed by atoms with Gasteiger partial charge in [-0.1, -0.05) is 31.4 Å². The Morgan fingerprint density at radius 1 is 1.39 bits per heavy atom. The number of hydrogen-bond donors (Lipinski definition) is 2. The van der Waals surface area contributed by atoms with Crippen molar-refractivity contribution in [2.75, 3.05) is 13.2 Å². The lowest BCUT2D eigenvalue weighted by molar-refractivity contribution is 0.291. The normalized spacial score (nSPS) is 15.4. The van der Waals surface area contributed by atoms with E-state index in [1.165, 1.54) is 25.7 Å². The van der Waals surface area contributed by atoms with E-state index < -0.39 is 0 Å².